The van der Waals surface area contributed by atoms with E-state index in [1.165, 1.54) is 12.1 Å². The first-order valence-electron chi connectivity index (χ1n) is 5.93. The molecule has 1 heterocycles. The van der Waals surface area contributed by atoms with Crippen molar-refractivity contribution in [2.24, 2.45) is 0 Å². The lowest BCUT2D eigenvalue weighted by Crippen LogP contribution is -1.92. The summed E-state index contributed by atoms with van der Waals surface area (Å²) in [5.41, 5.74) is 3.80. The molecule has 3 rings (SSSR count). The van der Waals surface area contributed by atoms with Crippen molar-refractivity contribution in [2.45, 2.75) is 6.92 Å². The Bertz CT molecular complexity index is 795. The molecule has 0 aliphatic rings. The van der Waals surface area contributed by atoms with Crippen molar-refractivity contribution in [1.82, 2.24) is 9.97 Å². The van der Waals surface area contributed by atoms with Crippen LogP contribution in [-0.2, 0) is 0 Å². The Hall–Kier alpha value is -1.71. The number of rotatable bonds is 1. The largest absolute Gasteiger partial charge is 0.253 e. The van der Waals surface area contributed by atoms with E-state index in [1.807, 2.05) is 19.1 Å². The van der Waals surface area contributed by atoms with Crippen LogP contribution < -0.4 is 0 Å². The molecule has 3 aromatic rings. The third-order valence-corrected chi connectivity index (χ3v) is 3.70. The van der Waals surface area contributed by atoms with Crippen LogP contribution in [0.15, 0.2) is 36.7 Å². The van der Waals surface area contributed by atoms with Gasteiger partial charge in [-0.2, -0.15) is 0 Å². The van der Waals surface area contributed by atoms with Gasteiger partial charge in [0.15, 0.2) is 0 Å². The first-order valence-corrected chi connectivity index (χ1v) is 6.69. The Morgan fingerprint density at radius 3 is 2.20 bits per heavy atom. The van der Waals surface area contributed by atoms with E-state index in [2.05, 4.69) is 9.97 Å². The molecule has 0 saturated heterocycles. The van der Waals surface area contributed by atoms with Gasteiger partial charge in [-0.3, -0.25) is 9.97 Å². The summed E-state index contributed by atoms with van der Waals surface area (Å²) in [4.78, 5) is 8.67. The maximum Gasteiger partial charge on any atom is 0.126 e. The lowest BCUT2D eigenvalue weighted by molar-refractivity contribution is 0.628. The highest BCUT2D eigenvalue weighted by Gasteiger charge is 2.15. The number of halogens is 3. The summed E-state index contributed by atoms with van der Waals surface area (Å²) in [6.45, 7) is 1.95. The monoisotopic (exact) mass is 306 g/mol. The summed E-state index contributed by atoms with van der Waals surface area (Å²) < 4.78 is 13.3. The Morgan fingerprint density at radius 1 is 0.950 bits per heavy atom. The number of fused-ring (bicyclic) bond motifs is 1. The van der Waals surface area contributed by atoms with Crippen molar-refractivity contribution in [3.63, 3.8) is 0 Å². The third kappa shape index (κ3) is 2.13. The Morgan fingerprint density at radius 2 is 1.55 bits per heavy atom. The van der Waals surface area contributed by atoms with E-state index < -0.39 is 5.82 Å². The molecule has 0 spiro atoms. The summed E-state index contributed by atoms with van der Waals surface area (Å²) in [5, 5.41) is 0.511. The average Bonchev–Trinajstić information content (AvgIpc) is 2.40. The highest BCUT2D eigenvalue weighted by Crippen LogP contribution is 2.38. The second kappa shape index (κ2) is 5.00. The van der Waals surface area contributed by atoms with Crippen LogP contribution in [0, 0.1) is 12.7 Å². The Balaban J connectivity index is 2.39. The average molecular weight is 307 g/mol. The minimum absolute atomic E-state index is 0.255. The quantitative estimate of drug-likeness (QED) is 0.628. The highest BCUT2D eigenvalue weighted by atomic mass is 35.5. The highest BCUT2D eigenvalue weighted by molar-refractivity contribution is 6.39. The van der Waals surface area contributed by atoms with Gasteiger partial charge in [0.1, 0.15) is 5.82 Å². The minimum atomic E-state index is -0.466. The van der Waals surface area contributed by atoms with Crippen LogP contribution in [0.3, 0.4) is 0 Å². The molecule has 0 amide bonds. The molecule has 5 heteroatoms. The summed E-state index contributed by atoms with van der Waals surface area (Å²) in [7, 11) is 0. The number of aryl methyl sites for hydroxylation is 1. The molecule has 20 heavy (non-hydrogen) atoms. The van der Waals surface area contributed by atoms with Crippen molar-refractivity contribution < 1.29 is 4.39 Å². The number of hydrogen-bond acceptors (Lipinski definition) is 2. The van der Waals surface area contributed by atoms with Gasteiger partial charge in [-0.25, -0.2) is 4.39 Å². The zero-order valence-electron chi connectivity index (χ0n) is 10.5. The van der Waals surface area contributed by atoms with E-state index in [1.54, 1.807) is 12.4 Å². The van der Waals surface area contributed by atoms with Crippen LogP contribution in [-0.4, -0.2) is 9.97 Å². The normalized spacial score (nSPS) is 11.0. The van der Waals surface area contributed by atoms with Crippen molar-refractivity contribution in [2.75, 3.05) is 0 Å². The zero-order chi connectivity index (χ0) is 14.3. The molecule has 1 aromatic heterocycles. The fourth-order valence-corrected chi connectivity index (χ4v) is 2.86. The molecular formula is C15H9Cl2FN2. The first-order chi connectivity index (χ1) is 9.58. The second-order valence-electron chi connectivity index (χ2n) is 4.43. The van der Waals surface area contributed by atoms with Gasteiger partial charge in [0, 0.05) is 23.5 Å². The van der Waals surface area contributed by atoms with Gasteiger partial charge in [-0.05, 0) is 24.6 Å². The molecular weight excluding hydrogens is 298 g/mol. The van der Waals surface area contributed by atoms with Crippen LogP contribution >= 0.6 is 23.2 Å². The predicted octanol–water partition coefficient (Wildman–Crippen LogP) is 5.05. The van der Waals surface area contributed by atoms with Gasteiger partial charge < -0.3 is 0 Å². The van der Waals surface area contributed by atoms with Gasteiger partial charge in [0.2, 0.25) is 0 Å². The van der Waals surface area contributed by atoms with Gasteiger partial charge >= 0.3 is 0 Å². The topological polar surface area (TPSA) is 25.8 Å². The van der Waals surface area contributed by atoms with Crippen LogP contribution in [0.1, 0.15) is 5.56 Å². The summed E-state index contributed by atoms with van der Waals surface area (Å²) in [6.07, 6.45) is 3.24. The maximum absolute atomic E-state index is 13.3. The van der Waals surface area contributed by atoms with Gasteiger partial charge in [-0.15, -0.1) is 0 Å². The molecule has 0 saturated carbocycles. The molecule has 0 radical (unpaired) electrons. The van der Waals surface area contributed by atoms with Crippen molar-refractivity contribution >= 4 is 34.2 Å². The van der Waals surface area contributed by atoms with E-state index in [9.17, 15) is 4.39 Å². The molecule has 0 atom stereocenters. The minimum Gasteiger partial charge on any atom is -0.253 e. The van der Waals surface area contributed by atoms with Gasteiger partial charge in [0.25, 0.3) is 0 Å². The van der Waals surface area contributed by atoms with E-state index in [-0.39, 0.29) is 10.0 Å². The zero-order valence-corrected chi connectivity index (χ0v) is 12.0. The number of benzene rings is 2. The van der Waals surface area contributed by atoms with E-state index in [4.69, 9.17) is 23.2 Å². The maximum atomic E-state index is 13.3. The second-order valence-corrected chi connectivity index (χ2v) is 5.24. The van der Waals surface area contributed by atoms with Crippen LogP contribution in [0.4, 0.5) is 4.39 Å². The molecule has 0 bridgehead atoms. The summed E-state index contributed by atoms with van der Waals surface area (Å²) >= 11 is 12.3. The lowest BCUT2D eigenvalue weighted by Gasteiger charge is -2.11. The fourth-order valence-electron chi connectivity index (χ4n) is 2.19. The van der Waals surface area contributed by atoms with E-state index in [0.717, 1.165) is 16.6 Å². The Labute approximate surface area is 125 Å². The number of hydrogen-bond donors (Lipinski definition) is 0. The van der Waals surface area contributed by atoms with Crippen LogP contribution in [0.2, 0.25) is 10.0 Å². The lowest BCUT2D eigenvalue weighted by atomic mass is 10.0. The number of aromatic nitrogens is 2. The fraction of sp³-hybridized carbons (Fsp3) is 0.0667. The Kier molecular flexibility index (Phi) is 3.32. The molecule has 0 aliphatic heterocycles. The SMILES string of the molecule is Cc1ccc(-c2c(Cl)cc(F)cc2Cl)c2nccnc12. The first kappa shape index (κ1) is 13.3. The molecule has 2 aromatic carbocycles. The van der Waals surface area contributed by atoms with E-state index in [0.29, 0.717) is 11.1 Å². The smallest absolute Gasteiger partial charge is 0.126 e. The van der Waals surface area contributed by atoms with Gasteiger partial charge in [-0.1, -0.05) is 35.3 Å². The molecule has 0 unspecified atom stereocenters. The van der Waals surface area contributed by atoms with Crippen molar-refractivity contribution in [1.29, 1.82) is 0 Å². The molecule has 0 N–H and O–H groups in total. The van der Waals surface area contributed by atoms with Gasteiger partial charge in [0.05, 0.1) is 21.1 Å². The van der Waals surface area contributed by atoms with Crippen molar-refractivity contribution in [3.05, 3.63) is 58.1 Å². The van der Waals surface area contributed by atoms with Crippen LogP contribution in [0.25, 0.3) is 22.2 Å². The number of nitrogens with zero attached hydrogens (tertiary/aromatic N) is 2. The molecule has 0 aliphatic carbocycles. The predicted molar refractivity (Wildman–Crippen MR) is 79.7 cm³/mol. The molecule has 2 nitrogen and oxygen atoms in total. The van der Waals surface area contributed by atoms with E-state index >= 15 is 0 Å². The molecule has 0 fully saturated rings. The third-order valence-electron chi connectivity index (χ3n) is 3.10. The summed E-state index contributed by atoms with van der Waals surface area (Å²) in [6, 6.07) is 6.27. The van der Waals surface area contributed by atoms with Crippen LogP contribution in [0.5, 0.6) is 0 Å². The summed E-state index contributed by atoms with van der Waals surface area (Å²) in [5.74, 6) is -0.466. The standard InChI is InChI=1S/C15H9Cl2FN2/c1-8-2-3-10(15-14(8)19-4-5-20-15)13-11(16)6-9(18)7-12(13)17/h2-7H,1H3. The van der Waals surface area contributed by atoms with Crippen molar-refractivity contribution in [3.8, 4) is 11.1 Å². The molecule has 100 valence electrons.